The quantitative estimate of drug-likeness (QED) is 0.784. The van der Waals surface area contributed by atoms with Crippen molar-refractivity contribution in [3.63, 3.8) is 0 Å². The summed E-state index contributed by atoms with van der Waals surface area (Å²) in [5, 5.41) is 13.2. The highest BCUT2D eigenvalue weighted by Gasteiger charge is 2.38. The van der Waals surface area contributed by atoms with Crippen LogP contribution in [0.5, 0.6) is 0 Å². The second kappa shape index (κ2) is 5.41. The van der Waals surface area contributed by atoms with E-state index in [4.69, 9.17) is 0 Å². The van der Waals surface area contributed by atoms with Gasteiger partial charge in [-0.3, -0.25) is 9.69 Å². The number of nitrogens with zero attached hydrogens (tertiary/aromatic N) is 1. The number of aliphatic hydroxyl groups is 1. The molecule has 1 heterocycles. The van der Waals surface area contributed by atoms with Crippen LogP contribution in [0.25, 0.3) is 0 Å². The molecular formula is C15H26N2O2. The first kappa shape index (κ1) is 13.4. The summed E-state index contributed by atoms with van der Waals surface area (Å²) in [7, 11) is 0. The van der Waals surface area contributed by atoms with Crippen molar-refractivity contribution < 1.29 is 9.90 Å². The zero-order chi connectivity index (χ0) is 13.4. The van der Waals surface area contributed by atoms with Gasteiger partial charge in [0.05, 0.1) is 6.10 Å². The summed E-state index contributed by atoms with van der Waals surface area (Å²) in [6.45, 7) is 3.72. The maximum atomic E-state index is 11.3. The van der Waals surface area contributed by atoms with Crippen molar-refractivity contribution in [1.82, 2.24) is 10.2 Å². The third-order valence-corrected chi connectivity index (χ3v) is 4.78. The summed E-state index contributed by atoms with van der Waals surface area (Å²) in [6, 6.07) is 1.03. The number of likely N-dealkylation sites (tertiary alicyclic amines) is 1. The minimum absolute atomic E-state index is 0.0733. The molecule has 3 unspecified atom stereocenters. The molecule has 2 aliphatic carbocycles. The second-order valence-corrected chi connectivity index (χ2v) is 6.82. The molecule has 3 fully saturated rings. The van der Waals surface area contributed by atoms with Crippen LogP contribution in [0, 0.1) is 11.8 Å². The van der Waals surface area contributed by atoms with Gasteiger partial charge in [-0.1, -0.05) is 0 Å². The maximum absolute atomic E-state index is 11.3. The Balaban J connectivity index is 1.56. The highest BCUT2D eigenvalue weighted by Crippen LogP contribution is 2.38. The topological polar surface area (TPSA) is 52.6 Å². The van der Waals surface area contributed by atoms with Crippen LogP contribution in [-0.2, 0) is 4.79 Å². The molecule has 0 bridgehead atoms. The average molecular weight is 266 g/mol. The van der Waals surface area contributed by atoms with E-state index in [0.29, 0.717) is 11.8 Å². The van der Waals surface area contributed by atoms with E-state index < -0.39 is 0 Å². The van der Waals surface area contributed by atoms with Crippen LogP contribution in [0.3, 0.4) is 0 Å². The number of rotatable bonds is 5. The van der Waals surface area contributed by atoms with Gasteiger partial charge in [-0.25, -0.2) is 0 Å². The van der Waals surface area contributed by atoms with E-state index in [2.05, 4.69) is 10.2 Å². The van der Waals surface area contributed by atoms with Crippen molar-refractivity contribution in [2.24, 2.45) is 11.8 Å². The standard InChI is InChI=1S/C15H26N2O2/c1-10(18)16-13-6-11(7-15(19)12-2-3-12)8-17(9-13)14-4-5-14/h11-15,19H,2-9H2,1H3,(H,16,18). The SMILES string of the molecule is CC(=O)NC1CC(CC(O)C2CC2)CN(C2CC2)C1. The molecule has 0 aromatic rings. The third kappa shape index (κ3) is 3.69. The fraction of sp³-hybridized carbons (Fsp3) is 0.933. The van der Waals surface area contributed by atoms with Crippen LogP contribution in [-0.4, -0.2) is 47.2 Å². The van der Waals surface area contributed by atoms with Crippen LogP contribution in [0.2, 0.25) is 0 Å². The fourth-order valence-electron chi connectivity index (χ4n) is 3.56. The number of carbonyl (C=O) groups excluding carboxylic acids is 1. The molecule has 1 aliphatic heterocycles. The van der Waals surface area contributed by atoms with Crippen molar-refractivity contribution in [2.45, 2.75) is 63.6 Å². The van der Waals surface area contributed by atoms with E-state index >= 15 is 0 Å². The van der Waals surface area contributed by atoms with Crippen molar-refractivity contribution in [1.29, 1.82) is 0 Å². The van der Waals surface area contributed by atoms with E-state index in [-0.39, 0.29) is 18.1 Å². The molecule has 0 spiro atoms. The van der Waals surface area contributed by atoms with Gasteiger partial charge in [0.2, 0.25) is 5.91 Å². The lowest BCUT2D eigenvalue weighted by Gasteiger charge is -2.39. The van der Waals surface area contributed by atoms with E-state index in [9.17, 15) is 9.90 Å². The monoisotopic (exact) mass is 266 g/mol. The zero-order valence-electron chi connectivity index (χ0n) is 11.8. The zero-order valence-corrected chi connectivity index (χ0v) is 11.8. The predicted molar refractivity (Wildman–Crippen MR) is 73.7 cm³/mol. The Hall–Kier alpha value is -0.610. The number of hydrogen-bond acceptors (Lipinski definition) is 3. The Morgan fingerprint density at radius 1 is 1.32 bits per heavy atom. The van der Waals surface area contributed by atoms with Crippen molar-refractivity contribution in [3.8, 4) is 0 Å². The van der Waals surface area contributed by atoms with Crippen molar-refractivity contribution in [3.05, 3.63) is 0 Å². The summed E-state index contributed by atoms with van der Waals surface area (Å²) in [5.41, 5.74) is 0. The number of aliphatic hydroxyl groups excluding tert-OH is 1. The summed E-state index contributed by atoms with van der Waals surface area (Å²) in [5.74, 6) is 1.18. The van der Waals surface area contributed by atoms with Gasteiger partial charge >= 0.3 is 0 Å². The largest absolute Gasteiger partial charge is 0.393 e. The first-order chi connectivity index (χ1) is 9.11. The van der Waals surface area contributed by atoms with Crippen LogP contribution in [0.4, 0.5) is 0 Å². The van der Waals surface area contributed by atoms with Gasteiger partial charge in [-0.2, -0.15) is 0 Å². The summed E-state index contributed by atoms with van der Waals surface area (Å²) >= 11 is 0. The molecule has 2 saturated carbocycles. The Bertz CT molecular complexity index is 337. The molecule has 4 heteroatoms. The minimum Gasteiger partial charge on any atom is -0.393 e. The number of carbonyl (C=O) groups is 1. The molecule has 1 amide bonds. The Kier molecular flexibility index (Phi) is 3.81. The van der Waals surface area contributed by atoms with Gasteiger partial charge in [0, 0.05) is 32.1 Å². The van der Waals surface area contributed by atoms with Crippen LogP contribution < -0.4 is 5.32 Å². The summed E-state index contributed by atoms with van der Waals surface area (Å²) in [6.07, 6.45) is 6.87. The number of amides is 1. The van der Waals surface area contributed by atoms with Crippen LogP contribution in [0.1, 0.15) is 45.4 Å². The van der Waals surface area contributed by atoms with Crippen LogP contribution >= 0.6 is 0 Å². The van der Waals surface area contributed by atoms with Gasteiger partial charge in [-0.15, -0.1) is 0 Å². The Morgan fingerprint density at radius 3 is 2.63 bits per heavy atom. The molecule has 0 radical (unpaired) electrons. The van der Waals surface area contributed by atoms with E-state index in [1.165, 1.54) is 25.7 Å². The number of piperidine rings is 1. The molecule has 0 aromatic carbocycles. The maximum Gasteiger partial charge on any atom is 0.217 e. The van der Waals surface area contributed by atoms with E-state index in [1.807, 2.05) is 0 Å². The smallest absolute Gasteiger partial charge is 0.217 e. The lowest BCUT2D eigenvalue weighted by molar-refractivity contribution is -0.120. The predicted octanol–water partition coefficient (Wildman–Crippen LogP) is 1.14. The third-order valence-electron chi connectivity index (χ3n) is 4.78. The minimum atomic E-state index is -0.109. The molecular weight excluding hydrogens is 240 g/mol. The molecule has 2 N–H and O–H groups in total. The second-order valence-electron chi connectivity index (χ2n) is 6.82. The Morgan fingerprint density at radius 2 is 2.05 bits per heavy atom. The van der Waals surface area contributed by atoms with Gasteiger partial charge in [0.15, 0.2) is 0 Å². The lowest BCUT2D eigenvalue weighted by atomic mass is 9.88. The highest BCUT2D eigenvalue weighted by molar-refractivity contribution is 5.73. The average Bonchev–Trinajstić information content (AvgIpc) is 3.19. The van der Waals surface area contributed by atoms with E-state index in [1.54, 1.807) is 6.92 Å². The molecule has 3 aliphatic rings. The number of hydrogen-bond donors (Lipinski definition) is 2. The molecule has 3 atom stereocenters. The first-order valence-electron chi connectivity index (χ1n) is 7.81. The lowest BCUT2D eigenvalue weighted by Crippen LogP contribution is -2.51. The first-order valence-corrected chi connectivity index (χ1v) is 7.81. The normalized spacial score (nSPS) is 34.0. The molecule has 1 saturated heterocycles. The summed E-state index contributed by atoms with van der Waals surface area (Å²) < 4.78 is 0. The molecule has 4 nitrogen and oxygen atoms in total. The van der Waals surface area contributed by atoms with Gasteiger partial charge < -0.3 is 10.4 Å². The van der Waals surface area contributed by atoms with Gasteiger partial charge in [0.25, 0.3) is 0 Å². The van der Waals surface area contributed by atoms with Gasteiger partial charge in [-0.05, 0) is 50.4 Å². The summed E-state index contributed by atoms with van der Waals surface area (Å²) in [4.78, 5) is 13.8. The number of nitrogens with one attached hydrogen (secondary N) is 1. The van der Waals surface area contributed by atoms with Crippen molar-refractivity contribution in [2.75, 3.05) is 13.1 Å². The van der Waals surface area contributed by atoms with Gasteiger partial charge in [0.1, 0.15) is 0 Å². The van der Waals surface area contributed by atoms with Crippen LogP contribution in [0.15, 0.2) is 0 Å². The molecule has 19 heavy (non-hydrogen) atoms. The van der Waals surface area contributed by atoms with Crippen molar-refractivity contribution >= 4 is 5.91 Å². The molecule has 108 valence electrons. The van der Waals surface area contributed by atoms with E-state index in [0.717, 1.165) is 32.0 Å². The highest BCUT2D eigenvalue weighted by atomic mass is 16.3. The molecule has 3 rings (SSSR count). The molecule has 0 aromatic heterocycles. The fourth-order valence-corrected chi connectivity index (χ4v) is 3.56. The Labute approximate surface area is 115 Å².